The predicted molar refractivity (Wildman–Crippen MR) is 113 cm³/mol. The molecule has 0 saturated heterocycles. The van der Waals surface area contributed by atoms with Crippen LogP contribution in [0.1, 0.15) is 22.8 Å². The van der Waals surface area contributed by atoms with E-state index in [0.29, 0.717) is 17.1 Å². The zero-order valence-corrected chi connectivity index (χ0v) is 17.1. The standard InChI is InChI=1S/C23H19F3N2O4/c1-14(29)27-20-13-17(9-10-21(20)31-2)28-22(30)15-5-3-7-18(11-15)32-19-8-4-6-16(12-19)23(24,25)26/h3-13H,1-2H3,(H,27,29)(H,28,30). The Morgan fingerprint density at radius 2 is 1.56 bits per heavy atom. The number of anilines is 2. The summed E-state index contributed by atoms with van der Waals surface area (Å²) < 4.78 is 49.4. The third-order valence-electron chi connectivity index (χ3n) is 4.26. The molecule has 9 heteroatoms. The molecule has 32 heavy (non-hydrogen) atoms. The topological polar surface area (TPSA) is 76.7 Å². The van der Waals surface area contributed by atoms with Crippen LogP contribution >= 0.6 is 0 Å². The molecule has 2 amide bonds. The highest BCUT2D eigenvalue weighted by Gasteiger charge is 2.30. The van der Waals surface area contributed by atoms with Crippen molar-refractivity contribution in [2.75, 3.05) is 17.7 Å². The van der Waals surface area contributed by atoms with Gasteiger partial charge in [-0.15, -0.1) is 0 Å². The third-order valence-corrected chi connectivity index (χ3v) is 4.26. The van der Waals surface area contributed by atoms with Crippen molar-refractivity contribution < 1.29 is 32.2 Å². The SMILES string of the molecule is COc1ccc(NC(=O)c2cccc(Oc3cccc(C(F)(F)F)c3)c2)cc1NC(C)=O. The first-order valence-corrected chi connectivity index (χ1v) is 9.38. The molecule has 0 aliphatic carbocycles. The summed E-state index contributed by atoms with van der Waals surface area (Å²) in [6.07, 6.45) is -4.49. The average Bonchev–Trinajstić information content (AvgIpc) is 2.73. The highest BCUT2D eigenvalue weighted by Crippen LogP contribution is 2.33. The molecular weight excluding hydrogens is 425 g/mol. The number of carbonyl (C=O) groups is 2. The summed E-state index contributed by atoms with van der Waals surface area (Å²) in [6, 6.07) is 15.2. The molecule has 0 radical (unpaired) electrons. The van der Waals surface area contributed by atoms with Crippen molar-refractivity contribution in [3.63, 3.8) is 0 Å². The van der Waals surface area contributed by atoms with Gasteiger partial charge in [-0.3, -0.25) is 9.59 Å². The highest BCUT2D eigenvalue weighted by molar-refractivity contribution is 6.05. The molecule has 166 valence electrons. The summed E-state index contributed by atoms with van der Waals surface area (Å²) in [6.45, 7) is 1.35. The van der Waals surface area contributed by atoms with Crippen LogP contribution in [0.4, 0.5) is 24.5 Å². The Kier molecular flexibility index (Phi) is 6.67. The van der Waals surface area contributed by atoms with Gasteiger partial charge in [0.2, 0.25) is 5.91 Å². The van der Waals surface area contributed by atoms with Gasteiger partial charge in [0.1, 0.15) is 17.2 Å². The van der Waals surface area contributed by atoms with Crippen molar-refractivity contribution >= 4 is 23.2 Å². The van der Waals surface area contributed by atoms with Crippen LogP contribution in [-0.2, 0) is 11.0 Å². The Morgan fingerprint density at radius 1 is 0.875 bits per heavy atom. The largest absolute Gasteiger partial charge is 0.495 e. The van der Waals surface area contributed by atoms with Gasteiger partial charge in [0.05, 0.1) is 18.4 Å². The van der Waals surface area contributed by atoms with Crippen molar-refractivity contribution in [3.8, 4) is 17.2 Å². The second-order valence-corrected chi connectivity index (χ2v) is 6.71. The number of halogens is 3. The molecule has 3 aromatic carbocycles. The maximum Gasteiger partial charge on any atom is 0.416 e. The highest BCUT2D eigenvalue weighted by atomic mass is 19.4. The Hall–Kier alpha value is -4.01. The van der Waals surface area contributed by atoms with E-state index >= 15 is 0 Å². The second-order valence-electron chi connectivity index (χ2n) is 6.71. The summed E-state index contributed by atoms with van der Waals surface area (Å²) >= 11 is 0. The van der Waals surface area contributed by atoms with E-state index in [0.717, 1.165) is 12.1 Å². The minimum absolute atomic E-state index is 0.00696. The number of carbonyl (C=O) groups excluding carboxylic acids is 2. The van der Waals surface area contributed by atoms with Gasteiger partial charge in [-0.2, -0.15) is 13.2 Å². The fourth-order valence-electron chi connectivity index (χ4n) is 2.85. The van der Waals surface area contributed by atoms with E-state index in [1.807, 2.05) is 0 Å². The number of hydrogen-bond acceptors (Lipinski definition) is 4. The lowest BCUT2D eigenvalue weighted by Gasteiger charge is -2.13. The van der Waals surface area contributed by atoms with Crippen molar-refractivity contribution in [3.05, 3.63) is 77.9 Å². The smallest absolute Gasteiger partial charge is 0.416 e. The summed E-state index contributed by atoms with van der Waals surface area (Å²) in [5, 5.41) is 5.31. The normalized spacial score (nSPS) is 10.9. The van der Waals surface area contributed by atoms with Gasteiger partial charge >= 0.3 is 6.18 Å². The fraction of sp³-hybridized carbons (Fsp3) is 0.130. The molecule has 0 spiro atoms. The van der Waals surface area contributed by atoms with Crippen molar-refractivity contribution in [1.82, 2.24) is 0 Å². The van der Waals surface area contributed by atoms with Crippen LogP contribution in [0, 0.1) is 0 Å². The van der Waals surface area contributed by atoms with Crippen LogP contribution in [0.3, 0.4) is 0 Å². The number of nitrogens with one attached hydrogen (secondary N) is 2. The molecule has 0 saturated carbocycles. The summed E-state index contributed by atoms with van der Waals surface area (Å²) in [7, 11) is 1.45. The number of amides is 2. The first kappa shape index (κ1) is 22.7. The zero-order chi connectivity index (χ0) is 23.3. The lowest BCUT2D eigenvalue weighted by molar-refractivity contribution is -0.137. The third kappa shape index (κ3) is 5.78. The van der Waals surface area contributed by atoms with Gasteiger partial charge in [-0.05, 0) is 54.6 Å². The summed E-state index contributed by atoms with van der Waals surface area (Å²) in [5.41, 5.74) is 0.188. The number of ether oxygens (including phenoxy) is 2. The molecule has 0 fully saturated rings. The number of alkyl halides is 3. The number of rotatable bonds is 6. The van der Waals surface area contributed by atoms with Gasteiger partial charge in [0, 0.05) is 18.2 Å². The second kappa shape index (κ2) is 9.42. The molecular formula is C23H19F3N2O4. The fourth-order valence-corrected chi connectivity index (χ4v) is 2.85. The minimum atomic E-state index is -4.49. The van der Waals surface area contributed by atoms with E-state index in [4.69, 9.17) is 9.47 Å². The van der Waals surface area contributed by atoms with Gasteiger partial charge < -0.3 is 20.1 Å². The lowest BCUT2D eigenvalue weighted by atomic mass is 10.2. The van der Waals surface area contributed by atoms with Gasteiger partial charge in [0.25, 0.3) is 5.91 Å². The molecule has 0 aromatic heterocycles. The molecule has 6 nitrogen and oxygen atoms in total. The van der Waals surface area contributed by atoms with Crippen molar-refractivity contribution in [2.45, 2.75) is 13.1 Å². The quantitative estimate of drug-likeness (QED) is 0.510. The van der Waals surface area contributed by atoms with Crippen LogP contribution < -0.4 is 20.1 Å². The average molecular weight is 444 g/mol. The minimum Gasteiger partial charge on any atom is -0.495 e. The first-order valence-electron chi connectivity index (χ1n) is 9.38. The van der Waals surface area contributed by atoms with Crippen molar-refractivity contribution in [2.24, 2.45) is 0 Å². The molecule has 3 aromatic rings. The number of hydrogen-bond donors (Lipinski definition) is 2. The molecule has 2 N–H and O–H groups in total. The predicted octanol–water partition coefficient (Wildman–Crippen LogP) is 5.72. The molecule has 0 bridgehead atoms. The molecule has 0 aliphatic rings. The number of methoxy groups -OCH3 is 1. The Labute approximate surface area is 182 Å². The van der Waals surface area contributed by atoms with E-state index < -0.39 is 17.6 Å². The maximum atomic E-state index is 12.9. The molecule has 0 atom stereocenters. The monoisotopic (exact) mass is 444 g/mol. The van der Waals surface area contributed by atoms with Gasteiger partial charge in [-0.1, -0.05) is 12.1 Å². The molecule has 0 heterocycles. The van der Waals surface area contributed by atoms with E-state index in [-0.39, 0.29) is 23.0 Å². The van der Waals surface area contributed by atoms with Crippen LogP contribution in [-0.4, -0.2) is 18.9 Å². The number of benzene rings is 3. The lowest BCUT2D eigenvalue weighted by Crippen LogP contribution is -2.13. The van der Waals surface area contributed by atoms with E-state index in [2.05, 4.69) is 10.6 Å². The molecule has 0 unspecified atom stereocenters. The zero-order valence-electron chi connectivity index (χ0n) is 17.1. The Balaban J connectivity index is 1.77. The Morgan fingerprint density at radius 3 is 2.22 bits per heavy atom. The van der Waals surface area contributed by atoms with Crippen molar-refractivity contribution in [1.29, 1.82) is 0 Å². The van der Waals surface area contributed by atoms with E-state index in [1.165, 1.54) is 44.4 Å². The van der Waals surface area contributed by atoms with Crippen LogP contribution in [0.25, 0.3) is 0 Å². The summed E-state index contributed by atoms with van der Waals surface area (Å²) in [4.78, 5) is 24.0. The summed E-state index contributed by atoms with van der Waals surface area (Å²) in [5.74, 6) is -0.155. The maximum absolute atomic E-state index is 12.9. The first-order chi connectivity index (χ1) is 15.2. The van der Waals surface area contributed by atoms with E-state index in [1.54, 1.807) is 24.3 Å². The van der Waals surface area contributed by atoms with Crippen LogP contribution in [0.15, 0.2) is 66.7 Å². The van der Waals surface area contributed by atoms with Gasteiger partial charge in [-0.25, -0.2) is 0 Å². The van der Waals surface area contributed by atoms with E-state index in [9.17, 15) is 22.8 Å². The molecule has 3 rings (SSSR count). The molecule has 0 aliphatic heterocycles. The Bertz CT molecular complexity index is 1150. The van der Waals surface area contributed by atoms with Crippen LogP contribution in [0.5, 0.6) is 17.2 Å². The van der Waals surface area contributed by atoms with Gasteiger partial charge in [0.15, 0.2) is 0 Å². The van der Waals surface area contributed by atoms with Crippen LogP contribution in [0.2, 0.25) is 0 Å².